The summed E-state index contributed by atoms with van der Waals surface area (Å²) in [6.45, 7) is 8.27. The Kier molecular flexibility index (Phi) is 4.39. The molecule has 1 fully saturated rings. The van der Waals surface area contributed by atoms with E-state index in [4.69, 9.17) is 0 Å². The van der Waals surface area contributed by atoms with Crippen LogP contribution in [0.5, 0.6) is 0 Å². The molecule has 112 valence electrons. The molecular formula is C15H24N2O2S. The molecule has 0 unspecified atom stereocenters. The van der Waals surface area contributed by atoms with E-state index < -0.39 is 10.0 Å². The second-order valence-electron chi connectivity index (χ2n) is 6.18. The molecular weight excluding hydrogens is 272 g/mol. The molecule has 5 heteroatoms. The van der Waals surface area contributed by atoms with Gasteiger partial charge >= 0.3 is 0 Å². The van der Waals surface area contributed by atoms with Crippen LogP contribution in [0.4, 0.5) is 5.69 Å². The van der Waals surface area contributed by atoms with E-state index in [9.17, 15) is 8.42 Å². The fourth-order valence-electron chi connectivity index (χ4n) is 2.50. The number of hydrogen-bond acceptors (Lipinski definition) is 3. The molecule has 1 N–H and O–H groups in total. The predicted molar refractivity (Wildman–Crippen MR) is 82.4 cm³/mol. The lowest BCUT2D eigenvalue weighted by molar-refractivity contribution is 0.375. The van der Waals surface area contributed by atoms with Gasteiger partial charge in [-0.1, -0.05) is 32.9 Å². The average molecular weight is 296 g/mol. The highest BCUT2D eigenvalue weighted by Gasteiger charge is 2.37. The smallest absolute Gasteiger partial charge is 0.245 e. The summed E-state index contributed by atoms with van der Waals surface area (Å²) in [5.41, 5.74) is 0.776. The Morgan fingerprint density at radius 3 is 2.60 bits per heavy atom. The van der Waals surface area contributed by atoms with Crippen LogP contribution in [0.25, 0.3) is 0 Å². The van der Waals surface area contributed by atoms with Crippen molar-refractivity contribution in [1.82, 2.24) is 4.31 Å². The van der Waals surface area contributed by atoms with Crippen LogP contribution in [0.3, 0.4) is 0 Å². The van der Waals surface area contributed by atoms with Crippen molar-refractivity contribution in [2.45, 2.75) is 38.5 Å². The van der Waals surface area contributed by atoms with Gasteiger partial charge in [-0.15, -0.1) is 0 Å². The fraction of sp³-hybridized carbons (Fsp3) is 0.600. The van der Waals surface area contributed by atoms with Gasteiger partial charge in [-0.25, -0.2) is 8.42 Å². The maximum atomic E-state index is 12.8. The number of anilines is 1. The summed E-state index contributed by atoms with van der Waals surface area (Å²) < 4.78 is 27.2. The van der Waals surface area contributed by atoms with Crippen LogP contribution in [0.1, 0.15) is 33.6 Å². The Morgan fingerprint density at radius 2 is 2.00 bits per heavy atom. The van der Waals surface area contributed by atoms with E-state index in [0.717, 1.165) is 19.4 Å². The number of para-hydroxylation sites is 1. The molecule has 0 saturated carbocycles. The van der Waals surface area contributed by atoms with Crippen molar-refractivity contribution in [3.63, 3.8) is 0 Å². The molecule has 1 aliphatic rings. The van der Waals surface area contributed by atoms with Gasteiger partial charge in [0.05, 0.1) is 5.69 Å². The van der Waals surface area contributed by atoms with Crippen molar-refractivity contribution in [2.24, 2.45) is 5.41 Å². The minimum Gasteiger partial charge on any atom is -0.384 e. The second kappa shape index (κ2) is 5.74. The average Bonchev–Trinajstić information content (AvgIpc) is 2.78. The minimum atomic E-state index is -3.40. The normalized spacial score (nSPS) is 19.1. The Bertz CT molecular complexity index is 567. The molecule has 0 aliphatic carbocycles. The SMILES string of the molecule is CCCNc1ccccc1S(=O)(=O)N1CCC(C)(C)C1. The summed E-state index contributed by atoms with van der Waals surface area (Å²) in [5.74, 6) is 0. The zero-order valence-electron chi connectivity index (χ0n) is 12.5. The molecule has 0 bridgehead atoms. The lowest BCUT2D eigenvalue weighted by Crippen LogP contribution is -2.31. The highest BCUT2D eigenvalue weighted by Crippen LogP contribution is 2.34. The largest absolute Gasteiger partial charge is 0.384 e. The highest BCUT2D eigenvalue weighted by molar-refractivity contribution is 7.89. The van der Waals surface area contributed by atoms with Crippen molar-refractivity contribution in [3.05, 3.63) is 24.3 Å². The van der Waals surface area contributed by atoms with Gasteiger partial charge in [0.15, 0.2) is 0 Å². The highest BCUT2D eigenvalue weighted by atomic mass is 32.2. The van der Waals surface area contributed by atoms with Crippen LogP contribution >= 0.6 is 0 Å². The minimum absolute atomic E-state index is 0.0683. The third-order valence-corrected chi connectivity index (χ3v) is 5.62. The summed E-state index contributed by atoms with van der Waals surface area (Å²) in [6, 6.07) is 7.18. The van der Waals surface area contributed by atoms with Crippen molar-refractivity contribution >= 4 is 15.7 Å². The molecule has 1 aliphatic heterocycles. The molecule has 0 amide bonds. The maximum Gasteiger partial charge on any atom is 0.245 e. The Morgan fingerprint density at radius 1 is 1.30 bits per heavy atom. The van der Waals surface area contributed by atoms with Crippen molar-refractivity contribution in [2.75, 3.05) is 25.0 Å². The van der Waals surface area contributed by atoms with E-state index in [1.165, 1.54) is 0 Å². The topological polar surface area (TPSA) is 49.4 Å². The zero-order chi connectivity index (χ0) is 14.8. The Balaban J connectivity index is 2.30. The maximum absolute atomic E-state index is 12.8. The number of benzene rings is 1. The van der Waals surface area contributed by atoms with E-state index >= 15 is 0 Å². The Labute approximate surface area is 122 Å². The summed E-state index contributed by atoms with van der Waals surface area (Å²) in [6.07, 6.45) is 1.88. The van der Waals surface area contributed by atoms with Crippen LogP contribution in [0.2, 0.25) is 0 Å². The molecule has 0 atom stereocenters. The summed E-state index contributed by atoms with van der Waals surface area (Å²) in [7, 11) is -3.40. The third kappa shape index (κ3) is 3.15. The van der Waals surface area contributed by atoms with Crippen molar-refractivity contribution in [1.29, 1.82) is 0 Å². The second-order valence-corrected chi connectivity index (χ2v) is 8.08. The molecule has 20 heavy (non-hydrogen) atoms. The number of nitrogens with one attached hydrogen (secondary N) is 1. The lowest BCUT2D eigenvalue weighted by Gasteiger charge is -2.21. The van der Waals surface area contributed by atoms with Crippen LogP contribution in [-0.4, -0.2) is 32.4 Å². The van der Waals surface area contributed by atoms with Gasteiger partial charge in [0.2, 0.25) is 10.0 Å². The van der Waals surface area contributed by atoms with Crippen molar-refractivity contribution < 1.29 is 8.42 Å². The molecule has 2 rings (SSSR count). The number of sulfonamides is 1. The van der Waals surface area contributed by atoms with E-state index in [-0.39, 0.29) is 5.41 Å². The molecule has 1 aromatic carbocycles. The van der Waals surface area contributed by atoms with E-state index in [1.54, 1.807) is 16.4 Å². The first kappa shape index (κ1) is 15.3. The van der Waals surface area contributed by atoms with Gasteiger partial charge in [-0.05, 0) is 30.4 Å². The van der Waals surface area contributed by atoms with E-state index in [2.05, 4.69) is 26.1 Å². The van der Waals surface area contributed by atoms with Crippen LogP contribution < -0.4 is 5.32 Å². The molecule has 1 heterocycles. The summed E-state index contributed by atoms with van der Waals surface area (Å²) in [5, 5.41) is 3.21. The predicted octanol–water partition coefficient (Wildman–Crippen LogP) is 2.93. The van der Waals surface area contributed by atoms with Gasteiger partial charge < -0.3 is 5.32 Å². The first-order valence-electron chi connectivity index (χ1n) is 7.20. The molecule has 0 spiro atoms. The van der Waals surface area contributed by atoms with Gasteiger partial charge in [-0.3, -0.25) is 0 Å². The monoisotopic (exact) mass is 296 g/mol. The first-order valence-corrected chi connectivity index (χ1v) is 8.64. The third-order valence-electron chi connectivity index (χ3n) is 3.71. The standard InChI is InChI=1S/C15H24N2O2S/c1-4-10-16-13-7-5-6-8-14(13)20(18,19)17-11-9-15(2,3)12-17/h5-8,16H,4,9-12H2,1-3H3. The number of hydrogen-bond donors (Lipinski definition) is 1. The van der Waals surface area contributed by atoms with Gasteiger partial charge in [0, 0.05) is 19.6 Å². The quantitative estimate of drug-likeness (QED) is 0.909. The zero-order valence-corrected chi connectivity index (χ0v) is 13.3. The summed E-state index contributed by atoms with van der Waals surface area (Å²) in [4.78, 5) is 0.395. The number of nitrogens with zero attached hydrogens (tertiary/aromatic N) is 1. The van der Waals surface area contributed by atoms with Gasteiger partial charge in [0.1, 0.15) is 4.90 Å². The lowest BCUT2D eigenvalue weighted by atomic mass is 9.93. The fourth-order valence-corrected chi connectivity index (χ4v) is 4.30. The van der Waals surface area contributed by atoms with Crippen LogP contribution in [0, 0.1) is 5.41 Å². The van der Waals surface area contributed by atoms with Gasteiger partial charge in [0.25, 0.3) is 0 Å². The molecule has 1 saturated heterocycles. The van der Waals surface area contributed by atoms with E-state index in [0.29, 0.717) is 23.7 Å². The first-order chi connectivity index (χ1) is 9.37. The van der Waals surface area contributed by atoms with Gasteiger partial charge in [-0.2, -0.15) is 4.31 Å². The van der Waals surface area contributed by atoms with E-state index in [1.807, 2.05) is 12.1 Å². The molecule has 1 aromatic rings. The van der Waals surface area contributed by atoms with Crippen LogP contribution in [0.15, 0.2) is 29.2 Å². The summed E-state index contributed by atoms with van der Waals surface area (Å²) >= 11 is 0. The van der Waals surface area contributed by atoms with Crippen LogP contribution in [-0.2, 0) is 10.0 Å². The molecule has 4 nitrogen and oxygen atoms in total. The molecule has 0 radical (unpaired) electrons. The Hall–Kier alpha value is -1.07. The molecule has 0 aromatic heterocycles. The number of rotatable bonds is 5. The van der Waals surface area contributed by atoms with Crippen molar-refractivity contribution in [3.8, 4) is 0 Å².